The van der Waals surface area contributed by atoms with Crippen molar-refractivity contribution >= 4 is 51.1 Å². The van der Waals surface area contributed by atoms with E-state index < -0.39 is 0 Å². The first-order chi connectivity index (χ1) is 14.8. The van der Waals surface area contributed by atoms with E-state index in [9.17, 15) is 4.79 Å². The number of carbonyl (C=O) groups is 1. The minimum Gasteiger partial charge on any atom is -0.467 e. The maximum atomic E-state index is 13.2. The summed E-state index contributed by atoms with van der Waals surface area (Å²) in [6, 6.07) is 11.9. The molecule has 0 bridgehead atoms. The van der Waals surface area contributed by atoms with Gasteiger partial charge < -0.3 is 9.73 Å². The molecule has 1 aliphatic carbocycles. The standard InChI is InChI=1S/C25H27IN2O2S/c1-25(2,3)17-8-11-20-21(13-17)31-24(28-14-16-6-9-18(26)10-7-16)22(20)23(29)27-15-19-5-4-12-30-19/h4-7,9-10,12,14,17H,8,11,13,15H2,1-3H3,(H,27,29)/t17-/m0/s1. The molecule has 0 unspecified atom stereocenters. The van der Waals surface area contributed by atoms with Gasteiger partial charge in [0.1, 0.15) is 10.8 Å². The van der Waals surface area contributed by atoms with E-state index in [1.807, 2.05) is 30.5 Å². The Kier molecular flexibility index (Phi) is 6.67. The second-order valence-corrected chi connectivity index (χ2v) is 11.4. The molecular formula is C25H27IN2O2S. The second kappa shape index (κ2) is 9.28. The molecule has 1 aliphatic rings. The predicted octanol–water partition coefficient (Wildman–Crippen LogP) is 6.78. The van der Waals surface area contributed by atoms with Crippen molar-refractivity contribution in [2.45, 2.75) is 46.6 Å². The van der Waals surface area contributed by atoms with E-state index in [4.69, 9.17) is 9.41 Å². The minimum atomic E-state index is -0.0714. The third-order valence-electron chi connectivity index (χ3n) is 5.90. The summed E-state index contributed by atoms with van der Waals surface area (Å²) < 4.78 is 6.56. The Bertz CT molecular complexity index is 1080. The topological polar surface area (TPSA) is 54.6 Å². The Morgan fingerprint density at radius 1 is 1.29 bits per heavy atom. The van der Waals surface area contributed by atoms with E-state index in [1.165, 1.54) is 14.0 Å². The molecule has 2 heterocycles. The smallest absolute Gasteiger partial charge is 0.255 e. The van der Waals surface area contributed by atoms with Crippen LogP contribution in [0.2, 0.25) is 0 Å². The molecule has 4 rings (SSSR count). The Hall–Kier alpha value is -1.93. The van der Waals surface area contributed by atoms with Gasteiger partial charge in [-0.2, -0.15) is 0 Å². The molecule has 162 valence electrons. The molecule has 4 nitrogen and oxygen atoms in total. The summed E-state index contributed by atoms with van der Waals surface area (Å²) >= 11 is 3.97. The third-order valence-corrected chi connectivity index (χ3v) is 7.78. The number of carbonyl (C=O) groups excluding carboxylic acids is 1. The lowest BCUT2D eigenvalue weighted by atomic mass is 9.72. The van der Waals surface area contributed by atoms with Crippen molar-refractivity contribution in [2.75, 3.05) is 0 Å². The van der Waals surface area contributed by atoms with E-state index >= 15 is 0 Å². The molecule has 0 saturated carbocycles. The van der Waals surface area contributed by atoms with Crippen molar-refractivity contribution in [3.05, 3.63) is 73.6 Å². The Labute approximate surface area is 201 Å². The zero-order chi connectivity index (χ0) is 22.0. The number of aliphatic imine (C=N–C) groups is 1. The van der Waals surface area contributed by atoms with Crippen molar-refractivity contribution in [1.29, 1.82) is 0 Å². The number of rotatable bonds is 5. The molecular weight excluding hydrogens is 519 g/mol. The number of furan rings is 1. The van der Waals surface area contributed by atoms with Crippen LogP contribution in [0.3, 0.4) is 0 Å². The first-order valence-corrected chi connectivity index (χ1v) is 12.5. The SMILES string of the molecule is CC(C)(C)[C@H]1CCc2c(sc(N=Cc3ccc(I)cc3)c2C(=O)NCc2ccco2)C1. The van der Waals surface area contributed by atoms with Crippen LogP contribution in [0.25, 0.3) is 0 Å². The fraction of sp³-hybridized carbons (Fsp3) is 0.360. The first-order valence-electron chi connectivity index (χ1n) is 10.6. The Morgan fingerprint density at radius 2 is 2.06 bits per heavy atom. The van der Waals surface area contributed by atoms with E-state index in [0.29, 0.717) is 12.5 Å². The molecule has 0 saturated heterocycles. The average molecular weight is 546 g/mol. The van der Waals surface area contributed by atoms with Gasteiger partial charge in [0.2, 0.25) is 0 Å². The summed E-state index contributed by atoms with van der Waals surface area (Å²) in [5.41, 5.74) is 3.20. The van der Waals surface area contributed by atoms with Crippen LogP contribution in [0.4, 0.5) is 5.00 Å². The fourth-order valence-electron chi connectivity index (χ4n) is 3.99. The first kappa shape index (κ1) is 22.3. The van der Waals surface area contributed by atoms with Gasteiger partial charge in [0.25, 0.3) is 5.91 Å². The largest absolute Gasteiger partial charge is 0.467 e. The summed E-state index contributed by atoms with van der Waals surface area (Å²) in [6.07, 6.45) is 6.53. The second-order valence-electron chi connectivity index (χ2n) is 9.06. The molecule has 1 N–H and O–H groups in total. The molecule has 0 radical (unpaired) electrons. The van der Waals surface area contributed by atoms with Gasteiger partial charge in [0, 0.05) is 14.7 Å². The van der Waals surface area contributed by atoms with Crippen LogP contribution in [0, 0.1) is 14.9 Å². The minimum absolute atomic E-state index is 0.0714. The molecule has 3 aromatic rings. The van der Waals surface area contributed by atoms with Crippen LogP contribution in [0.15, 0.2) is 52.1 Å². The highest BCUT2D eigenvalue weighted by atomic mass is 127. The highest BCUT2D eigenvalue weighted by molar-refractivity contribution is 14.1. The molecule has 1 amide bonds. The van der Waals surface area contributed by atoms with Gasteiger partial charge in [-0.15, -0.1) is 11.3 Å². The number of thiophene rings is 1. The molecule has 6 heteroatoms. The highest BCUT2D eigenvalue weighted by Gasteiger charge is 2.33. The van der Waals surface area contributed by atoms with Crippen molar-refractivity contribution in [3.8, 4) is 0 Å². The van der Waals surface area contributed by atoms with Crippen molar-refractivity contribution in [1.82, 2.24) is 5.32 Å². The van der Waals surface area contributed by atoms with E-state index in [-0.39, 0.29) is 11.3 Å². The number of amides is 1. The van der Waals surface area contributed by atoms with E-state index in [2.05, 4.69) is 60.8 Å². The van der Waals surface area contributed by atoms with Gasteiger partial charge in [-0.25, -0.2) is 4.99 Å². The van der Waals surface area contributed by atoms with Gasteiger partial charge in [-0.05, 0) is 88.6 Å². The Balaban J connectivity index is 1.64. The van der Waals surface area contributed by atoms with E-state index in [0.717, 1.165) is 41.2 Å². The lowest BCUT2D eigenvalue weighted by Crippen LogP contribution is -2.28. The number of benzene rings is 1. The monoisotopic (exact) mass is 546 g/mol. The molecule has 2 aromatic heterocycles. The Morgan fingerprint density at radius 3 is 2.74 bits per heavy atom. The number of hydrogen-bond donors (Lipinski definition) is 1. The molecule has 1 atom stereocenters. The number of fused-ring (bicyclic) bond motifs is 1. The summed E-state index contributed by atoms with van der Waals surface area (Å²) in [6.45, 7) is 7.30. The quantitative estimate of drug-likeness (QED) is 0.284. The highest BCUT2D eigenvalue weighted by Crippen LogP contribution is 2.45. The van der Waals surface area contributed by atoms with Crippen molar-refractivity contribution in [3.63, 3.8) is 0 Å². The van der Waals surface area contributed by atoms with Crippen LogP contribution < -0.4 is 5.32 Å². The average Bonchev–Trinajstić information content (AvgIpc) is 3.38. The van der Waals surface area contributed by atoms with Crippen LogP contribution in [-0.2, 0) is 19.4 Å². The van der Waals surface area contributed by atoms with E-state index in [1.54, 1.807) is 17.6 Å². The number of nitrogens with one attached hydrogen (secondary N) is 1. The van der Waals surface area contributed by atoms with Gasteiger partial charge in [-0.1, -0.05) is 32.9 Å². The van der Waals surface area contributed by atoms with Crippen LogP contribution >= 0.6 is 33.9 Å². The van der Waals surface area contributed by atoms with Crippen molar-refractivity contribution in [2.24, 2.45) is 16.3 Å². The predicted molar refractivity (Wildman–Crippen MR) is 136 cm³/mol. The zero-order valence-electron chi connectivity index (χ0n) is 18.1. The van der Waals surface area contributed by atoms with Gasteiger partial charge >= 0.3 is 0 Å². The fourth-order valence-corrected chi connectivity index (χ4v) is 5.61. The third kappa shape index (κ3) is 5.29. The normalized spacial score (nSPS) is 16.5. The number of hydrogen-bond acceptors (Lipinski definition) is 4. The summed E-state index contributed by atoms with van der Waals surface area (Å²) in [4.78, 5) is 19.3. The van der Waals surface area contributed by atoms with Gasteiger partial charge in [0.05, 0.1) is 18.4 Å². The summed E-state index contributed by atoms with van der Waals surface area (Å²) in [5.74, 6) is 1.29. The molecule has 0 aliphatic heterocycles. The number of nitrogens with zero attached hydrogens (tertiary/aromatic N) is 1. The van der Waals surface area contributed by atoms with Crippen LogP contribution in [-0.4, -0.2) is 12.1 Å². The van der Waals surface area contributed by atoms with Crippen LogP contribution in [0.1, 0.15) is 59.3 Å². The molecule has 1 aromatic carbocycles. The van der Waals surface area contributed by atoms with Gasteiger partial charge in [0.15, 0.2) is 0 Å². The maximum absolute atomic E-state index is 13.2. The lowest BCUT2D eigenvalue weighted by Gasteiger charge is -2.33. The van der Waals surface area contributed by atoms with Crippen LogP contribution in [0.5, 0.6) is 0 Å². The maximum Gasteiger partial charge on any atom is 0.255 e. The zero-order valence-corrected chi connectivity index (χ0v) is 21.0. The number of halogens is 1. The molecule has 0 spiro atoms. The van der Waals surface area contributed by atoms with Gasteiger partial charge in [-0.3, -0.25) is 4.79 Å². The molecule has 31 heavy (non-hydrogen) atoms. The molecule has 0 fully saturated rings. The summed E-state index contributed by atoms with van der Waals surface area (Å²) in [5, 5.41) is 3.83. The van der Waals surface area contributed by atoms with Crippen molar-refractivity contribution < 1.29 is 9.21 Å². The lowest BCUT2D eigenvalue weighted by molar-refractivity contribution is 0.0947. The summed E-state index contributed by atoms with van der Waals surface area (Å²) in [7, 11) is 0.